The van der Waals surface area contributed by atoms with Crippen molar-refractivity contribution in [1.29, 1.82) is 0 Å². The van der Waals surface area contributed by atoms with Gasteiger partial charge in [-0.3, -0.25) is 4.79 Å². The monoisotopic (exact) mass is 232 g/mol. The number of hydrogen-bond acceptors (Lipinski definition) is 3. The van der Waals surface area contributed by atoms with Gasteiger partial charge < -0.3 is 11.1 Å². The van der Waals surface area contributed by atoms with Gasteiger partial charge >= 0.3 is 0 Å². The van der Waals surface area contributed by atoms with Gasteiger partial charge in [0.15, 0.2) is 0 Å². The van der Waals surface area contributed by atoms with E-state index in [1.807, 2.05) is 12.1 Å². The van der Waals surface area contributed by atoms with Gasteiger partial charge in [0.25, 0.3) is 0 Å². The lowest BCUT2D eigenvalue weighted by Gasteiger charge is -2.07. The Morgan fingerprint density at radius 1 is 1.71 bits per heavy atom. The summed E-state index contributed by atoms with van der Waals surface area (Å²) >= 11 is 7.30. The number of nitrogens with two attached hydrogens (primary N) is 1. The molecule has 14 heavy (non-hydrogen) atoms. The third-order valence-corrected chi connectivity index (χ3v) is 3.10. The van der Waals surface area contributed by atoms with Gasteiger partial charge in [-0.25, -0.2) is 0 Å². The molecule has 1 amide bonds. The molecular weight excluding hydrogens is 220 g/mol. The fraction of sp³-hybridized carbons (Fsp3) is 0.444. The standard InChI is InChI=1S/C9H13ClN2OS/c1-6(9(11)13)4-12-5-7-2-3-8(10)14-7/h2-3,6,12H,4-5H2,1H3,(H2,11,13). The molecule has 0 saturated carbocycles. The molecule has 0 aliphatic rings. The Kier molecular flexibility index (Phi) is 4.38. The van der Waals surface area contributed by atoms with E-state index in [-0.39, 0.29) is 11.8 Å². The highest BCUT2D eigenvalue weighted by Gasteiger charge is 2.07. The van der Waals surface area contributed by atoms with Crippen LogP contribution in [0.2, 0.25) is 4.34 Å². The number of amides is 1. The molecule has 3 N–H and O–H groups in total. The summed E-state index contributed by atoms with van der Waals surface area (Å²) in [5.74, 6) is -0.410. The summed E-state index contributed by atoms with van der Waals surface area (Å²) < 4.78 is 0.782. The number of halogens is 1. The molecule has 0 fully saturated rings. The molecule has 0 saturated heterocycles. The molecule has 0 aliphatic carbocycles. The Bertz CT molecular complexity index is 314. The van der Waals surface area contributed by atoms with Crippen molar-refractivity contribution in [2.45, 2.75) is 13.5 Å². The molecule has 1 heterocycles. The number of primary amides is 1. The van der Waals surface area contributed by atoms with Crippen molar-refractivity contribution in [3.8, 4) is 0 Å². The third kappa shape index (κ3) is 3.65. The summed E-state index contributed by atoms with van der Waals surface area (Å²) in [4.78, 5) is 11.9. The topological polar surface area (TPSA) is 55.1 Å². The highest BCUT2D eigenvalue weighted by molar-refractivity contribution is 7.16. The predicted molar refractivity (Wildman–Crippen MR) is 59.4 cm³/mol. The quantitative estimate of drug-likeness (QED) is 0.811. The second-order valence-electron chi connectivity index (χ2n) is 3.14. The number of hydrogen-bond donors (Lipinski definition) is 2. The lowest BCUT2D eigenvalue weighted by molar-refractivity contribution is -0.121. The van der Waals surface area contributed by atoms with Gasteiger partial charge in [-0.1, -0.05) is 18.5 Å². The van der Waals surface area contributed by atoms with Gasteiger partial charge in [-0.05, 0) is 12.1 Å². The van der Waals surface area contributed by atoms with Gasteiger partial charge in [-0.2, -0.15) is 0 Å². The van der Waals surface area contributed by atoms with Crippen molar-refractivity contribution in [2.75, 3.05) is 6.54 Å². The van der Waals surface area contributed by atoms with E-state index in [9.17, 15) is 4.79 Å². The molecule has 0 aromatic carbocycles. The maximum atomic E-state index is 10.7. The summed E-state index contributed by atoms with van der Waals surface area (Å²) in [6.45, 7) is 3.14. The molecule has 1 rings (SSSR count). The fourth-order valence-electron chi connectivity index (χ4n) is 0.959. The fourth-order valence-corrected chi connectivity index (χ4v) is 2.02. The van der Waals surface area contributed by atoms with Gasteiger partial charge in [-0.15, -0.1) is 11.3 Å². The van der Waals surface area contributed by atoms with Crippen LogP contribution < -0.4 is 11.1 Å². The largest absolute Gasteiger partial charge is 0.369 e. The van der Waals surface area contributed by atoms with Crippen LogP contribution in [0.25, 0.3) is 0 Å². The van der Waals surface area contributed by atoms with Crippen LogP contribution in [0.5, 0.6) is 0 Å². The van der Waals surface area contributed by atoms with Crippen molar-refractivity contribution >= 4 is 28.8 Å². The van der Waals surface area contributed by atoms with Crippen LogP contribution >= 0.6 is 22.9 Å². The van der Waals surface area contributed by atoms with Crippen molar-refractivity contribution in [2.24, 2.45) is 11.7 Å². The molecule has 1 unspecified atom stereocenters. The van der Waals surface area contributed by atoms with Crippen LogP contribution in [-0.4, -0.2) is 12.5 Å². The van der Waals surface area contributed by atoms with Crippen molar-refractivity contribution < 1.29 is 4.79 Å². The second kappa shape index (κ2) is 5.34. The van der Waals surface area contributed by atoms with E-state index in [0.717, 1.165) is 15.8 Å². The second-order valence-corrected chi connectivity index (χ2v) is 4.94. The zero-order valence-corrected chi connectivity index (χ0v) is 9.49. The van der Waals surface area contributed by atoms with Crippen LogP contribution in [0, 0.1) is 5.92 Å². The minimum Gasteiger partial charge on any atom is -0.369 e. The first-order chi connectivity index (χ1) is 6.59. The number of thiophene rings is 1. The molecule has 0 radical (unpaired) electrons. The number of rotatable bonds is 5. The molecule has 5 heteroatoms. The number of carbonyl (C=O) groups is 1. The van der Waals surface area contributed by atoms with Gasteiger partial charge in [0, 0.05) is 23.9 Å². The van der Waals surface area contributed by atoms with Crippen molar-refractivity contribution in [1.82, 2.24) is 5.32 Å². The summed E-state index contributed by atoms with van der Waals surface area (Å²) in [7, 11) is 0. The first kappa shape index (κ1) is 11.5. The minimum absolute atomic E-state index is 0.134. The maximum absolute atomic E-state index is 10.7. The van der Waals surface area contributed by atoms with E-state index < -0.39 is 0 Å². The van der Waals surface area contributed by atoms with Crippen LogP contribution in [0.15, 0.2) is 12.1 Å². The average molecular weight is 233 g/mol. The summed E-state index contributed by atoms with van der Waals surface area (Å²) in [6.07, 6.45) is 0. The molecule has 78 valence electrons. The Labute approximate surface area is 92.3 Å². The van der Waals surface area contributed by atoms with Crippen molar-refractivity contribution in [3.63, 3.8) is 0 Å². The Morgan fingerprint density at radius 3 is 2.93 bits per heavy atom. The third-order valence-electron chi connectivity index (χ3n) is 1.86. The first-order valence-corrected chi connectivity index (χ1v) is 5.53. The zero-order chi connectivity index (χ0) is 10.6. The minimum atomic E-state index is -0.276. The normalized spacial score (nSPS) is 12.7. The molecule has 1 aromatic rings. The molecule has 1 atom stereocenters. The highest BCUT2D eigenvalue weighted by Crippen LogP contribution is 2.20. The number of nitrogens with one attached hydrogen (secondary N) is 1. The lowest BCUT2D eigenvalue weighted by atomic mass is 10.2. The zero-order valence-electron chi connectivity index (χ0n) is 7.92. The summed E-state index contributed by atoms with van der Waals surface area (Å²) in [6, 6.07) is 3.83. The SMILES string of the molecule is CC(CNCc1ccc(Cl)s1)C(N)=O. The molecular formula is C9H13ClN2OS. The predicted octanol–water partition coefficient (Wildman–Crippen LogP) is 1.61. The van der Waals surface area contributed by atoms with E-state index in [1.54, 1.807) is 6.92 Å². The van der Waals surface area contributed by atoms with E-state index in [1.165, 1.54) is 11.3 Å². The molecule has 1 aromatic heterocycles. The number of carbonyl (C=O) groups excluding carboxylic acids is 1. The van der Waals surface area contributed by atoms with E-state index in [4.69, 9.17) is 17.3 Å². The Hall–Kier alpha value is -0.580. The Morgan fingerprint density at radius 2 is 2.43 bits per heavy atom. The van der Waals surface area contributed by atoms with Crippen LogP contribution in [0.4, 0.5) is 0 Å². The van der Waals surface area contributed by atoms with E-state index in [2.05, 4.69) is 5.32 Å². The van der Waals surface area contributed by atoms with Crippen LogP contribution in [0.1, 0.15) is 11.8 Å². The van der Waals surface area contributed by atoms with Gasteiger partial charge in [0.05, 0.1) is 4.34 Å². The van der Waals surface area contributed by atoms with Crippen LogP contribution in [-0.2, 0) is 11.3 Å². The summed E-state index contributed by atoms with van der Waals surface area (Å²) in [5.41, 5.74) is 5.12. The average Bonchev–Trinajstić information content (AvgIpc) is 2.51. The Balaban J connectivity index is 2.25. The lowest BCUT2D eigenvalue weighted by Crippen LogP contribution is -2.30. The molecule has 3 nitrogen and oxygen atoms in total. The first-order valence-electron chi connectivity index (χ1n) is 4.34. The molecule has 0 spiro atoms. The molecule has 0 bridgehead atoms. The smallest absolute Gasteiger partial charge is 0.221 e. The molecule has 0 aliphatic heterocycles. The van der Waals surface area contributed by atoms with Crippen LogP contribution in [0.3, 0.4) is 0 Å². The van der Waals surface area contributed by atoms with E-state index >= 15 is 0 Å². The maximum Gasteiger partial charge on any atom is 0.221 e. The van der Waals surface area contributed by atoms with E-state index in [0.29, 0.717) is 6.54 Å². The highest BCUT2D eigenvalue weighted by atomic mass is 35.5. The summed E-state index contributed by atoms with van der Waals surface area (Å²) in [5, 5.41) is 3.15. The van der Waals surface area contributed by atoms with Gasteiger partial charge in [0.1, 0.15) is 0 Å². The van der Waals surface area contributed by atoms with Crippen molar-refractivity contribution in [3.05, 3.63) is 21.3 Å². The van der Waals surface area contributed by atoms with Gasteiger partial charge in [0.2, 0.25) is 5.91 Å².